The van der Waals surface area contributed by atoms with E-state index < -0.39 is 51.6 Å². The van der Waals surface area contributed by atoms with Crippen molar-refractivity contribution in [1.29, 1.82) is 0 Å². The molecule has 11 heteroatoms. The summed E-state index contributed by atoms with van der Waals surface area (Å²) in [5, 5.41) is 0. The van der Waals surface area contributed by atoms with Crippen molar-refractivity contribution in [3.05, 3.63) is 0 Å². The molecule has 1 aliphatic heterocycles. The Bertz CT molecular complexity index is 613. The Balaban J connectivity index is 2.50. The molecule has 0 radical (unpaired) electrons. The number of alkyl halides is 5. The zero-order valence-corrected chi connectivity index (χ0v) is 16.4. The fourth-order valence-corrected chi connectivity index (χ4v) is 4.14. The van der Waals surface area contributed by atoms with Gasteiger partial charge in [-0.3, -0.25) is 0 Å². The molecule has 0 aliphatic carbocycles. The molecule has 5 nitrogen and oxygen atoms in total. The maximum absolute atomic E-state index is 12.9. The summed E-state index contributed by atoms with van der Waals surface area (Å²) in [6.45, 7) is 5.64. The second-order valence-electron chi connectivity index (χ2n) is 7.72. The molecule has 1 aliphatic rings. The van der Waals surface area contributed by atoms with Gasteiger partial charge in [0.25, 0.3) is 0 Å². The van der Waals surface area contributed by atoms with Crippen LogP contribution >= 0.6 is 0 Å². The van der Waals surface area contributed by atoms with Gasteiger partial charge in [0, 0.05) is 19.0 Å². The van der Waals surface area contributed by atoms with Crippen molar-refractivity contribution >= 4 is 15.9 Å². The van der Waals surface area contributed by atoms with Crippen LogP contribution in [0.15, 0.2) is 0 Å². The second-order valence-corrected chi connectivity index (χ2v) is 10.0. The van der Waals surface area contributed by atoms with Crippen LogP contribution in [-0.2, 0) is 14.6 Å². The molecular weight excluding hydrogens is 397 g/mol. The predicted molar refractivity (Wildman–Crippen MR) is 89.5 cm³/mol. The van der Waals surface area contributed by atoms with Crippen LogP contribution in [0.25, 0.3) is 0 Å². The Morgan fingerprint density at radius 2 is 1.70 bits per heavy atom. The smallest absolute Gasteiger partial charge is 0.444 e. The minimum absolute atomic E-state index is 0.0733. The van der Waals surface area contributed by atoms with Crippen LogP contribution < -0.4 is 0 Å². The number of carbonyl (C=O) groups excluding carboxylic acids is 1. The Labute approximate surface area is 156 Å². The number of hydrogen-bond acceptors (Lipinski definition) is 4. The van der Waals surface area contributed by atoms with Crippen molar-refractivity contribution in [1.82, 2.24) is 4.90 Å². The molecular formula is C16H26F5NO4S. The Morgan fingerprint density at radius 1 is 1.11 bits per heavy atom. The van der Waals surface area contributed by atoms with Crippen LogP contribution in [0.1, 0.15) is 52.9 Å². The number of ether oxygens (including phenoxy) is 1. The molecule has 160 valence electrons. The van der Waals surface area contributed by atoms with Crippen molar-refractivity contribution in [2.24, 2.45) is 0 Å². The Kier molecular flexibility index (Phi) is 7.51. The molecule has 0 bridgehead atoms. The van der Waals surface area contributed by atoms with E-state index in [1.165, 1.54) is 4.90 Å². The van der Waals surface area contributed by atoms with Gasteiger partial charge < -0.3 is 9.64 Å². The van der Waals surface area contributed by atoms with Crippen LogP contribution in [0.4, 0.5) is 26.7 Å². The fourth-order valence-electron chi connectivity index (χ4n) is 2.76. The molecule has 1 saturated heterocycles. The molecule has 0 spiro atoms. The summed E-state index contributed by atoms with van der Waals surface area (Å²) in [6.07, 6.45) is -6.28. The molecule has 0 aromatic heterocycles. The fraction of sp³-hybridized carbons (Fsp3) is 0.938. The topological polar surface area (TPSA) is 63.7 Å². The molecule has 1 amide bonds. The monoisotopic (exact) mass is 423 g/mol. The van der Waals surface area contributed by atoms with E-state index in [0.29, 0.717) is 19.4 Å². The summed E-state index contributed by atoms with van der Waals surface area (Å²) >= 11 is 0. The van der Waals surface area contributed by atoms with E-state index in [2.05, 4.69) is 0 Å². The summed E-state index contributed by atoms with van der Waals surface area (Å²) < 4.78 is 90.9. The number of amides is 1. The average molecular weight is 423 g/mol. The van der Waals surface area contributed by atoms with E-state index in [-0.39, 0.29) is 12.5 Å². The van der Waals surface area contributed by atoms with Gasteiger partial charge in [0.15, 0.2) is 9.84 Å². The van der Waals surface area contributed by atoms with Crippen molar-refractivity contribution in [3.63, 3.8) is 0 Å². The van der Waals surface area contributed by atoms with Crippen LogP contribution in [0.5, 0.6) is 0 Å². The predicted octanol–water partition coefficient (Wildman–Crippen LogP) is 4.17. The quantitative estimate of drug-likeness (QED) is 0.577. The molecule has 0 saturated carbocycles. The number of halogens is 5. The molecule has 1 atom stereocenters. The van der Waals surface area contributed by atoms with E-state index in [4.69, 9.17) is 4.74 Å². The first-order valence-corrected chi connectivity index (χ1v) is 10.5. The van der Waals surface area contributed by atoms with E-state index in [0.717, 1.165) is 6.42 Å². The van der Waals surface area contributed by atoms with Gasteiger partial charge in [-0.2, -0.15) is 22.0 Å². The van der Waals surface area contributed by atoms with Gasteiger partial charge >= 0.3 is 18.2 Å². The number of carbonyl (C=O) groups is 1. The number of sulfone groups is 1. The van der Waals surface area contributed by atoms with E-state index in [1.54, 1.807) is 20.8 Å². The third-order valence-corrected chi connectivity index (χ3v) is 5.88. The van der Waals surface area contributed by atoms with E-state index in [1.807, 2.05) is 0 Å². The van der Waals surface area contributed by atoms with Crippen LogP contribution in [0.3, 0.4) is 0 Å². The normalized spacial score (nSPS) is 19.4. The largest absolute Gasteiger partial charge is 0.453 e. The molecule has 0 unspecified atom stereocenters. The summed E-state index contributed by atoms with van der Waals surface area (Å²) in [7, 11) is -4.05. The van der Waals surface area contributed by atoms with Crippen LogP contribution in [0, 0.1) is 0 Å². The molecule has 0 aromatic carbocycles. The van der Waals surface area contributed by atoms with Gasteiger partial charge in [-0.25, -0.2) is 13.2 Å². The summed E-state index contributed by atoms with van der Waals surface area (Å²) in [4.78, 5) is 13.6. The van der Waals surface area contributed by atoms with Gasteiger partial charge in [0.1, 0.15) is 5.60 Å². The molecule has 1 fully saturated rings. The Hall–Kier alpha value is -1.13. The van der Waals surface area contributed by atoms with Crippen molar-refractivity contribution in [2.45, 2.75) is 76.6 Å². The number of nitrogens with zero attached hydrogens (tertiary/aromatic N) is 1. The van der Waals surface area contributed by atoms with Gasteiger partial charge in [-0.1, -0.05) is 0 Å². The third-order valence-electron chi connectivity index (χ3n) is 4.14. The van der Waals surface area contributed by atoms with Gasteiger partial charge in [0.2, 0.25) is 0 Å². The average Bonchev–Trinajstić information content (AvgIpc) is 2.91. The zero-order valence-electron chi connectivity index (χ0n) is 15.6. The Morgan fingerprint density at radius 3 is 2.22 bits per heavy atom. The van der Waals surface area contributed by atoms with E-state index >= 15 is 0 Å². The molecule has 27 heavy (non-hydrogen) atoms. The standard InChI is InChI=1S/C16H26F5NO4S/c1-14(2,3)26-13(23)22-9-4-6-12(22)7-5-10-27(24,25)11-8-15(17,18)16(19,20)21/h12H,4-11H2,1-3H3/t12-/m0/s1. The lowest BCUT2D eigenvalue weighted by atomic mass is 10.1. The lowest BCUT2D eigenvalue weighted by Gasteiger charge is -2.28. The SMILES string of the molecule is CC(C)(C)OC(=O)N1CCC[C@H]1CCCS(=O)(=O)CCC(F)(F)C(F)(F)F. The first-order valence-electron chi connectivity index (χ1n) is 8.69. The minimum Gasteiger partial charge on any atom is -0.444 e. The number of likely N-dealkylation sites (tertiary alicyclic amines) is 1. The second kappa shape index (κ2) is 8.48. The van der Waals surface area contributed by atoms with Crippen LogP contribution in [0.2, 0.25) is 0 Å². The van der Waals surface area contributed by atoms with Crippen molar-refractivity contribution in [2.75, 3.05) is 18.1 Å². The highest BCUT2D eigenvalue weighted by Crippen LogP contribution is 2.38. The summed E-state index contributed by atoms with van der Waals surface area (Å²) in [5.41, 5.74) is -0.669. The van der Waals surface area contributed by atoms with Crippen molar-refractivity contribution < 1.29 is 39.9 Å². The lowest BCUT2D eigenvalue weighted by molar-refractivity contribution is -0.282. The summed E-state index contributed by atoms with van der Waals surface area (Å²) in [6, 6.07) is -0.230. The van der Waals surface area contributed by atoms with E-state index in [9.17, 15) is 35.2 Å². The first kappa shape index (κ1) is 23.9. The lowest BCUT2D eigenvalue weighted by Crippen LogP contribution is -2.40. The van der Waals surface area contributed by atoms with Crippen molar-refractivity contribution in [3.8, 4) is 0 Å². The number of hydrogen-bond donors (Lipinski definition) is 0. The first-order chi connectivity index (χ1) is 12.0. The summed E-state index contributed by atoms with van der Waals surface area (Å²) in [5.74, 6) is -6.77. The molecule has 0 N–H and O–H groups in total. The highest BCUT2D eigenvalue weighted by atomic mass is 32.2. The zero-order chi connectivity index (χ0) is 21.1. The third kappa shape index (κ3) is 7.79. The molecule has 1 heterocycles. The highest BCUT2D eigenvalue weighted by Gasteiger charge is 2.57. The van der Waals surface area contributed by atoms with Gasteiger partial charge in [0.05, 0.1) is 11.5 Å². The maximum atomic E-state index is 12.9. The van der Waals surface area contributed by atoms with Crippen LogP contribution in [-0.4, -0.2) is 61.2 Å². The highest BCUT2D eigenvalue weighted by molar-refractivity contribution is 7.91. The minimum atomic E-state index is -5.76. The van der Waals surface area contributed by atoms with Gasteiger partial charge in [-0.05, 0) is 46.5 Å². The molecule has 1 rings (SSSR count). The number of rotatable bonds is 7. The maximum Gasteiger partial charge on any atom is 0.453 e. The van der Waals surface area contributed by atoms with Gasteiger partial charge in [-0.15, -0.1) is 0 Å². The molecule has 0 aromatic rings.